The molecule has 4 nitrogen and oxygen atoms in total. The van der Waals surface area contributed by atoms with Gasteiger partial charge < -0.3 is 9.84 Å². The summed E-state index contributed by atoms with van der Waals surface area (Å²) < 4.78 is 5.26. The lowest BCUT2D eigenvalue weighted by Gasteiger charge is -2.38. The van der Waals surface area contributed by atoms with Crippen molar-refractivity contribution in [1.29, 1.82) is 0 Å². The van der Waals surface area contributed by atoms with E-state index < -0.39 is 5.60 Å². The van der Waals surface area contributed by atoms with Gasteiger partial charge in [-0.3, -0.25) is 4.79 Å². The summed E-state index contributed by atoms with van der Waals surface area (Å²) in [7, 11) is 0. The fourth-order valence-electron chi connectivity index (χ4n) is 3.52. The van der Waals surface area contributed by atoms with Crippen LogP contribution < -0.4 is 0 Å². The summed E-state index contributed by atoms with van der Waals surface area (Å²) >= 11 is 0. The number of pyridine rings is 1. The van der Waals surface area contributed by atoms with E-state index in [4.69, 9.17) is 4.74 Å². The molecule has 1 saturated carbocycles. The van der Waals surface area contributed by atoms with Crippen molar-refractivity contribution in [3.63, 3.8) is 0 Å². The molecule has 3 rings (SSSR count). The predicted octanol–water partition coefficient (Wildman–Crippen LogP) is 3.31. The van der Waals surface area contributed by atoms with Crippen molar-refractivity contribution in [2.75, 3.05) is 6.61 Å². The van der Waals surface area contributed by atoms with E-state index in [1.54, 1.807) is 6.20 Å². The molecule has 1 N–H and O–H groups in total. The van der Waals surface area contributed by atoms with Gasteiger partial charge in [-0.15, -0.1) is 0 Å². The number of ether oxygens (including phenoxy) is 1. The average molecular weight is 349 g/mol. The Morgan fingerprint density at radius 3 is 2.73 bits per heavy atom. The van der Waals surface area contributed by atoms with Gasteiger partial charge in [0.1, 0.15) is 11.3 Å². The fourth-order valence-corrected chi connectivity index (χ4v) is 3.52. The molecule has 0 radical (unpaired) electrons. The molecule has 2 aromatic rings. The van der Waals surface area contributed by atoms with E-state index in [0.29, 0.717) is 31.6 Å². The Balaban J connectivity index is 1.86. The number of aliphatic hydroxyl groups is 1. The topological polar surface area (TPSA) is 59.4 Å². The lowest BCUT2D eigenvalue weighted by molar-refractivity contribution is -0.151. The molecule has 1 fully saturated rings. The maximum absolute atomic E-state index is 12.4. The fraction of sp³-hybridized carbons (Fsp3) is 0.364. The zero-order valence-corrected chi connectivity index (χ0v) is 14.9. The number of aromatic nitrogens is 1. The Kier molecular flexibility index (Phi) is 5.70. The van der Waals surface area contributed by atoms with Crippen LogP contribution in [0.5, 0.6) is 0 Å². The second-order valence-corrected chi connectivity index (χ2v) is 6.62. The van der Waals surface area contributed by atoms with Gasteiger partial charge in [0.2, 0.25) is 0 Å². The van der Waals surface area contributed by atoms with E-state index in [1.807, 2.05) is 55.5 Å². The number of rotatable bonds is 3. The molecule has 0 spiro atoms. The zero-order valence-electron chi connectivity index (χ0n) is 14.9. The van der Waals surface area contributed by atoms with Crippen molar-refractivity contribution in [2.45, 2.75) is 37.7 Å². The maximum atomic E-state index is 12.4. The molecule has 0 amide bonds. The quantitative estimate of drug-likeness (QED) is 0.682. The second kappa shape index (κ2) is 8.16. The minimum Gasteiger partial charge on any atom is -0.466 e. The first-order chi connectivity index (χ1) is 12.6. The molecule has 4 heteroatoms. The number of carbonyl (C=O) groups excluding carboxylic acids is 1. The highest BCUT2D eigenvalue weighted by Crippen LogP contribution is 2.43. The highest BCUT2D eigenvalue weighted by Gasteiger charge is 2.42. The summed E-state index contributed by atoms with van der Waals surface area (Å²) in [6.45, 7) is 2.17. The monoisotopic (exact) mass is 349 g/mol. The largest absolute Gasteiger partial charge is 0.466 e. The van der Waals surface area contributed by atoms with Gasteiger partial charge in [0.05, 0.1) is 12.5 Å². The molecule has 1 unspecified atom stereocenters. The van der Waals surface area contributed by atoms with Crippen molar-refractivity contribution < 1.29 is 14.6 Å². The Bertz CT molecular complexity index is 794. The smallest absolute Gasteiger partial charge is 0.309 e. The van der Waals surface area contributed by atoms with Gasteiger partial charge in [0, 0.05) is 12.1 Å². The van der Waals surface area contributed by atoms with Gasteiger partial charge in [0.15, 0.2) is 0 Å². The van der Waals surface area contributed by atoms with Crippen LogP contribution in [-0.2, 0) is 9.53 Å². The number of nitrogens with zero attached hydrogens (tertiary/aromatic N) is 1. The molecule has 1 aliphatic rings. The molecular formula is C22H23NO3. The van der Waals surface area contributed by atoms with Crippen molar-refractivity contribution in [3.8, 4) is 11.8 Å². The van der Waals surface area contributed by atoms with Crippen LogP contribution in [0.3, 0.4) is 0 Å². The highest BCUT2D eigenvalue weighted by atomic mass is 16.5. The van der Waals surface area contributed by atoms with E-state index in [0.717, 1.165) is 5.56 Å². The summed E-state index contributed by atoms with van der Waals surface area (Å²) in [6.07, 6.45) is 3.07. The molecule has 1 heterocycles. The first-order valence-corrected chi connectivity index (χ1v) is 8.99. The molecule has 0 bridgehead atoms. The predicted molar refractivity (Wildman–Crippen MR) is 99.2 cm³/mol. The third-order valence-electron chi connectivity index (χ3n) is 4.82. The molecule has 134 valence electrons. The van der Waals surface area contributed by atoms with Crippen molar-refractivity contribution in [1.82, 2.24) is 4.98 Å². The van der Waals surface area contributed by atoms with Crippen LogP contribution in [0.1, 0.15) is 43.4 Å². The zero-order chi connectivity index (χ0) is 18.4. The summed E-state index contributed by atoms with van der Waals surface area (Å²) in [4.78, 5) is 16.6. The number of carbonyl (C=O) groups is 1. The average Bonchev–Trinajstić information content (AvgIpc) is 2.68. The molecule has 1 aromatic carbocycles. The summed E-state index contributed by atoms with van der Waals surface area (Å²) in [5.74, 6) is 5.40. The third kappa shape index (κ3) is 4.30. The van der Waals surface area contributed by atoms with Crippen molar-refractivity contribution >= 4 is 5.97 Å². The van der Waals surface area contributed by atoms with Crippen LogP contribution in [0.2, 0.25) is 0 Å². The molecule has 3 atom stereocenters. The van der Waals surface area contributed by atoms with E-state index in [2.05, 4.69) is 16.8 Å². The number of esters is 1. The Morgan fingerprint density at radius 2 is 2.04 bits per heavy atom. The van der Waals surface area contributed by atoms with Crippen molar-refractivity contribution in [3.05, 3.63) is 66.0 Å². The van der Waals surface area contributed by atoms with E-state index in [-0.39, 0.29) is 17.8 Å². The SMILES string of the molecule is CCOC(=O)[C@@H]1CCC(O)(C#Cc2ccccn2)C[C@H]1c1ccccc1. The van der Waals surface area contributed by atoms with Crippen LogP contribution >= 0.6 is 0 Å². The Labute approximate surface area is 154 Å². The first-order valence-electron chi connectivity index (χ1n) is 8.99. The number of benzene rings is 1. The van der Waals surface area contributed by atoms with Crippen LogP contribution in [0, 0.1) is 17.8 Å². The van der Waals surface area contributed by atoms with Crippen LogP contribution in [0.15, 0.2) is 54.7 Å². The van der Waals surface area contributed by atoms with Crippen LogP contribution in [-0.4, -0.2) is 28.3 Å². The van der Waals surface area contributed by atoms with Gasteiger partial charge in [-0.25, -0.2) is 4.98 Å². The summed E-state index contributed by atoms with van der Waals surface area (Å²) in [5, 5.41) is 11.0. The minimum atomic E-state index is -1.14. The van der Waals surface area contributed by atoms with E-state index in [9.17, 15) is 9.90 Å². The standard InChI is InChI=1S/C22H23NO3/c1-2-26-21(24)19-12-14-22(25,13-11-18-10-6-7-15-23-18)16-20(19)17-8-4-3-5-9-17/h3-10,15,19-20,25H,2,12,14,16H2,1H3/t19-,20+,22?/m1/s1. The van der Waals surface area contributed by atoms with E-state index >= 15 is 0 Å². The van der Waals surface area contributed by atoms with Crippen LogP contribution in [0.4, 0.5) is 0 Å². The second-order valence-electron chi connectivity index (χ2n) is 6.62. The summed E-state index contributed by atoms with van der Waals surface area (Å²) in [5.41, 5.74) is 0.522. The number of hydrogen-bond donors (Lipinski definition) is 1. The molecule has 1 aliphatic carbocycles. The van der Waals surface area contributed by atoms with Crippen molar-refractivity contribution in [2.24, 2.45) is 5.92 Å². The minimum absolute atomic E-state index is 0.118. The first kappa shape index (κ1) is 18.2. The highest BCUT2D eigenvalue weighted by molar-refractivity contribution is 5.74. The third-order valence-corrected chi connectivity index (χ3v) is 4.82. The van der Waals surface area contributed by atoms with Crippen LogP contribution in [0.25, 0.3) is 0 Å². The molecule has 26 heavy (non-hydrogen) atoms. The molecular weight excluding hydrogens is 326 g/mol. The van der Waals surface area contributed by atoms with Gasteiger partial charge in [-0.2, -0.15) is 0 Å². The maximum Gasteiger partial charge on any atom is 0.309 e. The normalized spacial score (nSPS) is 25.0. The molecule has 1 aromatic heterocycles. The molecule has 0 saturated heterocycles. The molecule has 0 aliphatic heterocycles. The van der Waals surface area contributed by atoms with Gasteiger partial charge in [-0.1, -0.05) is 42.3 Å². The Morgan fingerprint density at radius 1 is 1.27 bits per heavy atom. The lowest BCUT2D eigenvalue weighted by Crippen LogP contribution is -2.40. The Hall–Kier alpha value is -2.64. The summed E-state index contributed by atoms with van der Waals surface area (Å²) in [6, 6.07) is 15.3. The van der Waals surface area contributed by atoms with Gasteiger partial charge in [0.25, 0.3) is 0 Å². The van der Waals surface area contributed by atoms with Gasteiger partial charge in [-0.05, 0) is 49.8 Å². The van der Waals surface area contributed by atoms with E-state index in [1.165, 1.54) is 0 Å². The number of hydrogen-bond acceptors (Lipinski definition) is 4. The van der Waals surface area contributed by atoms with Gasteiger partial charge >= 0.3 is 5.97 Å². The lowest BCUT2D eigenvalue weighted by atomic mass is 9.69.